The Morgan fingerprint density at radius 1 is 1.19 bits per heavy atom. The molecule has 0 aliphatic carbocycles. The third kappa shape index (κ3) is 3.95. The first-order valence-corrected chi connectivity index (χ1v) is 7.45. The van der Waals surface area contributed by atoms with E-state index in [1.807, 2.05) is 24.3 Å². The Labute approximate surface area is 127 Å². The maximum Gasteiger partial charge on any atom is 0.170 e. The molecule has 1 fully saturated rings. The molecule has 0 amide bonds. The summed E-state index contributed by atoms with van der Waals surface area (Å²) in [6.07, 6.45) is 0. The van der Waals surface area contributed by atoms with Crippen molar-refractivity contribution in [1.29, 1.82) is 0 Å². The van der Waals surface area contributed by atoms with Gasteiger partial charge in [0.15, 0.2) is 5.84 Å². The second-order valence-corrected chi connectivity index (χ2v) is 6.58. The van der Waals surface area contributed by atoms with E-state index in [9.17, 15) is 0 Å². The highest BCUT2D eigenvalue weighted by Gasteiger charge is 2.26. The van der Waals surface area contributed by atoms with E-state index in [2.05, 4.69) is 35.7 Å². The predicted molar refractivity (Wildman–Crippen MR) is 85.6 cm³/mol. The van der Waals surface area contributed by atoms with Gasteiger partial charge in [-0.2, -0.15) is 0 Å². The van der Waals surface area contributed by atoms with Crippen LogP contribution in [0.15, 0.2) is 29.4 Å². The summed E-state index contributed by atoms with van der Waals surface area (Å²) in [5.41, 5.74) is 7.91. The van der Waals surface area contributed by atoms with Gasteiger partial charge in [-0.1, -0.05) is 29.4 Å². The van der Waals surface area contributed by atoms with E-state index in [-0.39, 0.29) is 11.4 Å². The van der Waals surface area contributed by atoms with Crippen molar-refractivity contribution in [3.8, 4) is 0 Å². The number of nitrogens with zero attached hydrogens (tertiary/aromatic N) is 3. The van der Waals surface area contributed by atoms with Gasteiger partial charge in [0.05, 0.1) is 0 Å². The van der Waals surface area contributed by atoms with E-state index in [0.717, 1.165) is 43.9 Å². The quantitative estimate of drug-likeness (QED) is 0.385. The Morgan fingerprint density at radius 3 is 2.38 bits per heavy atom. The van der Waals surface area contributed by atoms with Crippen molar-refractivity contribution in [2.24, 2.45) is 10.9 Å². The number of oxime groups is 1. The summed E-state index contributed by atoms with van der Waals surface area (Å²) >= 11 is 0. The highest BCUT2D eigenvalue weighted by molar-refractivity contribution is 5.98. The molecule has 0 unspecified atom stereocenters. The first-order valence-electron chi connectivity index (χ1n) is 7.45. The summed E-state index contributed by atoms with van der Waals surface area (Å²) in [6.45, 7) is 11.9. The summed E-state index contributed by atoms with van der Waals surface area (Å²) < 4.78 is 0. The molecule has 116 valence electrons. The summed E-state index contributed by atoms with van der Waals surface area (Å²) in [6, 6.07) is 7.85. The first kappa shape index (κ1) is 15.8. The molecule has 5 nitrogen and oxygen atoms in total. The fraction of sp³-hybridized carbons (Fsp3) is 0.562. The van der Waals surface area contributed by atoms with E-state index in [1.54, 1.807) is 0 Å². The monoisotopic (exact) mass is 290 g/mol. The van der Waals surface area contributed by atoms with Crippen LogP contribution in [0.3, 0.4) is 0 Å². The fourth-order valence-corrected chi connectivity index (χ4v) is 2.78. The largest absolute Gasteiger partial charge is 0.409 e. The third-order valence-electron chi connectivity index (χ3n) is 4.12. The van der Waals surface area contributed by atoms with Gasteiger partial charge in [0.25, 0.3) is 0 Å². The van der Waals surface area contributed by atoms with Gasteiger partial charge in [-0.05, 0) is 26.3 Å². The van der Waals surface area contributed by atoms with E-state index >= 15 is 0 Å². The Bertz CT molecular complexity index is 499. The molecule has 0 radical (unpaired) electrons. The molecule has 21 heavy (non-hydrogen) atoms. The first-order chi connectivity index (χ1) is 9.91. The normalized spacial score (nSPS) is 18.9. The third-order valence-corrected chi connectivity index (χ3v) is 4.12. The minimum atomic E-state index is 0.180. The lowest BCUT2D eigenvalue weighted by Crippen LogP contribution is -2.53. The molecule has 0 bridgehead atoms. The van der Waals surface area contributed by atoms with Gasteiger partial charge in [0, 0.05) is 43.8 Å². The molecule has 5 heteroatoms. The van der Waals surface area contributed by atoms with Crippen LogP contribution in [0.5, 0.6) is 0 Å². The van der Waals surface area contributed by atoms with Crippen molar-refractivity contribution in [2.45, 2.75) is 32.9 Å². The smallest absolute Gasteiger partial charge is 0.170 e. The molecule has 1 aliphatic heterocycles. The van der Waals surface area contributed by atoms with Gasteiger partial charge < -0.3 is 10.9 Å². The minimum Gasteiger partial charge on any atom is -0.409 e. The van der Waals surface area contributed by atoms with Gasteiger partial charge in [-0.15, -0.1) is 0 Å². The van der Waals surface area contributed by atoms with Gasteiger partial charge >= 0.3 is 0 Å². The van der Waals surface area contributed by atoms with E-state index in [1.165, 1.54) is 0 Å². The molecule has 0 saturated carbocycles. The molecule has 1 saturated heterocycles. The zero-order valence-corrected chi connectivity index (χ0v) is 13.2. The standard InChI is InChI=1S/C16H26N4O/c1-16(2,3)20-10-8-19(9-11-20)12-13-6-4-5-7-14(13)15(17)18-21/h4-7,21H,8-12H2,1-3H3,(H2,17,18). The average molecular weight is 290 g/mol. The number of hydrogen-bond acceptors (Lipinski definition) is 4. The SMILES string of the molecule is CC(C)(C)N1CCN(Cc2ccccc2C(N)=NO)CC1. The van der Waals surface area contributed by atoms with Crippen LogP contribution >= 0.6 is 0 Å². The number of piperazine rings is 1. The number of nitrogens with two attached hydrogens (primary N) is 1. The maximum atomic E-state index is 8.89. The lowest BCUT2D eigenvalue weighted by Gasteiger charge is -2.42. The van der Waals surface area contributed by atoms with Crippen LogP contribution in [-0.2, 0) is 6.54 Å². The topological polar surface area (TPSA) is 65.1 Å². The summed E-state index contributed by atoms with van der Waals surface area (Å²) in [5, 5.41) is 12.0. The van der Waals surface area contributed by atoms with E-state index < -0.39 is 0 Å². The highest BCUT2D eigenvalue weighted by atomic mass is 16.4. The van der Waals surface area contributed by atoms with Gasteiger partial charge in [-0.25, -0.2) is 0 Å². The zero-order chi connectivity index (χ0) is 15.5. The summed E-state index contributed by atoms with van der Waals surface area (Å²) in [7, 11) is 0. The lowest BCUT2D eigenvalue weighted by atomic mass is 10.0. The Hall–Kier alpha value is -1.59. The number of benzene rings is 1. The van der Waals surface area contributed by atoms with Crippen molar-refractivity contribution in [3.05, 3.63) is 35.4 Å². The molecule has 1 aromatic carbocycles. The summed E-state index contributed by atoms with van der Waals surface area (Å²) in [4.78, 5) is 4.94. The zero-order valence-electron chi connectivity index (χ0n) is 13.2. The lowest BCUT2D eigenvalue weighted by molar-refractivity contribution is 0.0591. The maximum absolute atomic E-state index is 8.89. The number of rotatable bonds is 3. The van der Waals surface area contributed by atoms with Gasteiger partial charge in [0.1, 0.15) is 0 Å². The van der Waals surface area contributed by atoms with Crippen LogP contribution < -0.4 is 5.73 Å². The van der Waals surface area contributed by atoms with Crippen molar-refractivity contribution in [2.75, 3.05) is 26.2 Å². The van der Waals surface area contributed by atoms with E-state index in [4.69, 9.17) is 10.9 Å². The van der Waals surface area contributed by atoms with Crippen LogP contribution in [0, 0.1) is 0 Å². The number of amidine groups is 1. The van der Waals surface area contributed by atoms with Crippen LogP contribution in [0.4, 0.5) is 0 Å². The minimum absolute atomic E-state index is 0.180. The Balaban J connectivity index is 2.02. The molecule has 3 N–H and O–H groups in total. The van der Waals surface area contributed by atoms with Crippen LogP contribution in [-0.4, -0.2) is 52.6 Å². The van der Waals surface area contributed by atoms with Crippen LogP contribution in [0.1, 0.15) is 31.9 Å². The van der Waals surface area contributed by atoms with Crippen LogP contribution in [0.25, 0.3) is 0 Å². The second-order valence-electron chi connectivity index (χ2n) is 6.58. The van der Waals surface area contributed by atoms with Crippen molar-refractivity contribution in [3.63, 3.8) is 0 Å². The molecule has 2 rings (SSSR count). The highest BCUT2D eigenvalue weighted by Crippen LogP contribution is 2.18. The molecular formula is C16H26N4O. The Morgan fingerprint density at radius 2 is 1.81 bits per heavy atom. The summed E-state index contributed by atoms with van der Waals surface area (Å²) in [5.74, 6) is 0.180. The molecule has 1 heterocycles. The van der Waals surface area contributed by atoms with Gasteiger partial charge in [0.2, 0.25) is 0 Å². The van der Waals surface area contributed by atoms with Crippen molar-refractivity contribution >= 4 is 5.84 Å². The average Bonchev–Trinajstić information content (AvgIpc) is 2.46. The predicted octanol–water partition coefficient (Wildman–Crippen LogP) is 1.70. The molecule has 0 atom stereocenters. The molecule has 1 aliphatic rings. The number of hydrogen-bond donors (Lipinski definition) is 2. The van der Waals surface area contributed by atoms with E-state index in [0.29, 0.717) is 0 Å². The molecule has 1 aromatic rings. The fourth-order valence-electron chi connectivity index (χ4n) is 2.78. The molecule has 0 spiro atoms. The second kappa shape index (κ2) is 6.45. The molecule has 0 aromatic heterocycles. The molecular weight excluding hydrogens is 264 g/mol. The Kier molecular flexibility index (Phi) is 4.85. The van der Waals surface area contributed by atoms with Crippen LogP contribution in [0.2, 0.25) is 0 Å². The van der Waals surface area contributed by atoms with Crippen molar-refractivity contribution in [1.82, 2.24) is 9.80 Å². The van der Waals surface area contributed by atoms with Crippen molar-refractivity contribution < 1.29 is 5.21 Å². The van der Waals surface area contributed by atoms with Gasteiger partial charge in [-0.3, -0.25) is 9.80 Å².